The topological polar surface area (TPSA) is 79.5 Å². The lowest BCUT2D eigenvalue weighted by Crippen LogP contribution is -2.20. The molecular weight excluding hydrogens is 526 g/mol. The molecule has 0 fully saturated rings. The summed E-state index contributed by atoms with van der Waals surface area (Å²) in [7, 11) is 0. The Morgan fingerprint density at radius 2 is 1.51 bits per heavy atom. The highest BCUT2D eigenvalue weighted by atomic mass is 32.2. The van der Waals surface area contributed by atoms with Crippen molar-refractivity contribution >= 4 is 57.8 Å². The van der Waals surface area contributed by atoms with E-state index in [1.54, 1.807) is 12.1 Å². The van der Waals surface area contributed by atoms with Crippen molar-refractivity contribution in [2.75, 3.05) is 22.6 Å². The standard InChI is InChI=1S/C31H29N3O3S2/c1-3-37-28-15-8-7-14-27(28)34-30(36)29(23-10-5-4-6-11-23)39-26-13-9-12-25(20-26)33-31(38)32-24-18-16-22(17-19-24)21(2)35/h4-20,29H,3H2,1-2H3,(H,34,36)(H2,32,33,38). The van der Waals surface area contributed by atoms with Gasteiger partial charge in [0.1, 0.15) is 11.0 Å². The van der Waals surface area contributed by atoms with Crippen LogP contribution in [0.4, 0.5) is 17.1 Å². The fraction of sp³-hybridized carbons (Fsp3) is 0.129. The lowest BCUT2D eigenvalue weighted by atomic mass is 10.1. The first-order valence-electron chi connectivity index (χ1n) is 12.5. The number of thiocarbonyl (C=S) groups is 1. The molecule has 4 rings (SSSR count). The summed E-state index contributed by atoms with van der Waals surface area (Å²) in [5.41, 5.74) is 3.72. The monoisotopic (exact) mass is 555 g/mol. The van der Waals surface area contributed by atoms with Gasteiger partial charge in [0.25, 0.3) is 0 Å². The number of para-hydroxylation sites is 2. The Hall–Kier alpha value is -4.14. The van der Waals surface area contributed by atoms with Gasteiger partial charge >= 0.3 is 0 Å². The van der Waals surface area contributed by atoms with Crippen LogP contribution in [-0.4, -0.2) is 23.4 Å². The number of nitrogens with one attached hydrogen (secondary N) is 3. The van der Waals surface area contributed by atoms with Gasteiger partial charge in [0, 0.05) is 21.8 Å². The van der Waals surface area contributed by atoms with Gasteiger partial charge < -0.3 is 20.7 Å². The van der Waals surface area contributed by atoms with Crippen LogP contribution in [0.15, 0.2) is 108 Å². The molecule has 0 aliphatic carbocycles. The minimum Gasteiger partial charge on any atom is -0.492 e. The summed E-state index contributed by atoms with van der Waals surface area (Å²) >= 11 is 6.94. The highest BCUT2D eigenvalue weighted by Crippen LogP contribution is 2.38. The van der Waals surface area contributed by atoms with Crippen LogP contribution in [0.25, 0.3) is 0 Å². The quantitative estimate of drug-likeness (QED) is 0.106. The molecule has 0 bridgehead atoms. The molecule has 1 unspecified atom stereocenters. The number of thioether (sulfide) groups is 1. The molecule has 4 aromatic carbocycles. The molecular formula is C31H29N3O3S2. The van der Waals surface area contributed by atoms with Gasteiger partial charge in [-0.3, -0.25) is 9.59 Å². The highest BCUT2D eigenvalue weighted by Gasteiger charge is 2.23. The molecule has 39 heavy (non-hydrogen) atoms. The predicted molar refractivity (Wildman–Crippen MR) is 164 cm³/mol. The lowest BCUT2D eigenvalue weighted by Gasteiger charge is -2.19. The molecule has 4 aromatic rings. The van der Waals surface area contributed by atoms with E-state index in [9.17, 15) is 9.59 Å². The number of carbonyl (C=O) groups excluding carboxylic acids is 2. The Balaban J connectivity index is 1.48. The van der Waals surface area contributed by atoms with Gasteiger partial charge in [-0.2, -0.15) is 0 Å². The minimum atomic E-state index is -0.499. The molecule has 1 atom stereocenters. The first kappa shape index (κ1) is 27.9. The van der Waals surface area contributed by atoms with E-state index in [1.807, 2.05) is 97.9 Å². The SMILES string of the molecule is CCOc1ccccc1NC(=O)C(Sc1cccc(NC(=S)Nc2ccc(C(C)=O)cc2)c1)c1ccccc1. The molecule has 0 saturated carbocycles. The number of benzene rings is 4. The van der Waals surface area contributed by atoms with Crippen molar-refractivity contribution in [2.24, 2.45) is 0 Å². The van der Waals surface area contributed by atoms with E-state index in [4.69, 9.17) is 17.0 Å². The van der Waals surface area contributed by atoms with Crippen molar-refractivity contribution in [3.05, 3.63) is 114 Å². The predicted octanol–water partition coefficient (Wildman–Crippen LogP) is 7.57. The molecule has 198 valence electrons. The van der Waals surface area contributed by atoms with Crippen molar-refractivity contribution in [1.29, 1.82) is 0 Å². The number of ether oxygens (including phenoxy) is 1. The van der Waals surface area contributed by atoms with E-state index in [1.165, 1.54) is 18.7 Å². The van der Waals surface area contributed by atoms with Crippen LogP contribution in [-0.2, 0) is 4.79 Å². The first-order chi connectivity index (χ1) is 18.9. The van der Waals surface area contributed by atoms with Crippen molar-refractivity contribution in [3.8, 4) is 5.75 Å². The molecule has 6 nitrogen and oxygen atoms in total. The number of carbonyl (C=O) groups is 2. The highest BCUT2D eigenvalue weighted by molar-refractivity contribution is 8.00. The van der Waals surface area contributed by atoms with Gasteiger partial charge in [-0.25, -0.2) is 0 Å². The number of amides is 1. The van der Waals surface area contributed by atoms with Crippen LogP contribution in [0.2, 0.25) is 0 Å². The normalized spacial score (nSPS) is 11.2. The van der Waals surface area contributed by atoms with E-state index >= 15 is 0 Å². The fourth-order valence-electron chi connectivity index (χ4n) is 3.82. The average molecular weight is 556 g/mol. The van der Waals surface area contributed by atoms with Gasteiger partial charge in [0.15, 0.2) is 10.9 Å². The molecule has 0 aliphatic rings. The third-order valence-electron chi connectivity index (χ3n) is 5.68. The van der Waals surface area contributed by atoms with Crippen LogP contribution in [0.1, 0.15) is 35.0 Å². The second kappa shape index (κ2) is 13.6. The third-order valence-corrected chi connectivity index (χ3v) is 7.13. The van der Waals surface area contributed by atoms with Crippen molar-refractivity contribution in [3.63, 3.8) is 0 Å². The summed E-state index contributed by atoms with van der Waals surface area (Å²) in [6.07, 6.45) is 0. The summed E-state index contributed by atoms with van der Waals surface area (Å²) < 4.78 is 5.69. The van der Waals surface area contributed by atoms with Crippen LogP contribution < -0.4 is 20.7 Å². The number of Topliss-reactive ketones (excluding diaryl/α,β-unsaturated/α-hetero) is 1. The summed E-state index contributed by atoms with van der Waals surface area (Å²) in [5, 5.41) is 9.29. The maximum Gasteiger partial charge on any atom is 0.242 e. The van der Waals surface area contributed by atoms with Crippen LogP contribution >= 0.6 is 24.0 Å². The molecule has 0 saturated heterocycles. The second-order valence-electron chi connectivity index (χ2n) is 8.57. The summed E-state index contributed by atoms with van der Waals surface area (Å²) in [4.78, 5) is 26.0. The number of hydrogen-bond acceptors (Lipinski definition) is 5. The van der Waals surface area contributed by atoms with Crippen molar-refractivity contribution in [2.45, 2.75) is 24.0 Å². The zero-order chi connectivity index (χ0) is 27.6. The second-order valence-corrected chi connectivity index (χ2v) is 10.2. The van der Waals surface area contributed by atoms with Gasteiger partial charge in [-0.15, -0.1) is 11.8 Å². The average Bonchev–Trinajstić information content (AvgIpc) is 2.94. The Bertz CT molecular complexity index is 1440. The number of ketones is 1. The van der Waals surface area contributed by atoms with E-state index in [-0.39, 0.29) is 11.7 Å². The third kappa shape index (κ3) is 7.92. The molecule has 0 radical (unpaired) electrons. The molecule has 3 N–H and O–H groups in total. The first-order valence-corrected chi connectivity index (χ1v) is 13.7. The van der Waals surface area contributed by atoms with E-state index in [2.05, 4.69) is 16.0 Å². The summed E-state index contributed by atoms with van der Waals surface area (Å²) in [6.45, 7) is 3.95. The number of hydrogen-bond donors (Lipinski definition) is 3. The van der Waals surface area contributed by atoms with Crippen molar-refractivity contribution in [1.82, 2.24) is 0 Å². The largest absolute Gasteiger partial charge is 0.492 e. The van der Waals surface area contributed by atoms with Gasteiger partial charge in [0.05, 0.1) is 12.3 Å². The van der Waals surface area contributed by atoms with E-state index in [0.29, 0.717) is 28.7 Å². The van der Waals surface area contributed by atoms with Gasteiger partial charge in [0.2, 0.25) is 5.91 Å². The lowest BCUT2D eigenvalue weighted by molar-refractivity contribution is -0.115. The molecule has 0 aromatic heterocycles. The van der Waals surface area contributed by atoms with E-state index < -0.39 is 5.25 Å². The zero-order valence-corrected chi connectivity index (χ0v) is 23.3. The zero-order valence-electron chi connectivity index (χ0n) is 21.6. The summed E-state index contributed by atoms with van der Waals surface area (Å²) in [6, 6.07) is 32.0. The number of rotatable bonds is 10. The summed E-state index contributed by atoms with van der Waals surface area (Å²) in [5.74, 6) is 0.494. The van der Waals surface area contributed by atoms with Crippen LogP contribution in [0.5, 0.6) is 5.75 Å². The molecule has 1 amide bonds. The molecule has 0 aliphatic heterocycles. The molecule has 0 heterocycles. The van der Waals surface area contributed by atoms with Crippen molar-refractivity contribution < 1.29 is 14.3 Å². The maximum absolute atomic E-state index is 13.6. The Morgan fingerprint density at radius 1 is 0.821 bits per heavy atom. The number of anilines is 3. The molecule has 0 spiro atoms. The smallest absolute Gasteiger partial charge is 0.242 e. The Kier molecular flexibility index (Phi) is 9.72. The van der Waals surface area contributed by atoms with Crippen LogP contribution in [0.3, 0.4) is 0 Å². The minimum absolute atomic E-state index is 0.0116. The fourth-order valence-corrected chi connectivity index (χ4v) is 5.13. The molecule has 8 heteroatoms. The maximum atomic E-state index is 13.6. The Morgan fingerprint density at radius 3 is 2.23 bits per heavy atom. The van der Waals surface area contributed by atoms with E-state index in [0.717, 1.165) is 21.8 Å². The van der Waals surface area contributed by atoms with Gasteiger partial charge in [-0.1, -0.05) is 48.5 Å². The van der Waals surface area contributed by atoms with Gasteiger partial charge in [-0.05, 0) is 86.2 Å². The Labute approximate surface area is 238 Å². The van der Waals surface area contributed by atoms with Crippen LogP contribution in [0, 0.1) is 0 Å².